The second kappa shape index (κ2) is 12.1. The second-order valence-electron chi connectivity index (χ2n) is 10.2. The van der Waals surface area contributed by atoms with E-state index in [0.717, 1.165) is 0 Å². The minimum Gasteiger partial charge on any atom is -0.390 e. The molecule has 11 nitrogen and oxygen atoms in total. The van der Waals surface area contributed by atoms with Gasteiger partial charge in [0.15, 0.2) is 0 Å². The SMILES string of the molecule is C/C(CNC(=O)CCNC(=O)C(O)C(C)(C)COP(=O)(O)OC(C)(C)C)=N\OC(C)(C)C. The highest BCUT2D eigenvalue weighted by atomic mass is 31.2. The van der Waals surface area contributed by atoms with Crippen LogP contribution in [0.3, 0.4) is 0 Å². The Morgan fingerprint density at radius 3 is 2.09 bits per heavy atom. The molecule has 2 unspecified atom stereocenters. The molecule has 0 spiro atoms. The largest absolute Gasteiger partial charge is 0.472 e. The Hall–Kier alpha value is -1.52. The van der Waals surface area contributed by atoms with Crippen LogP contribution in [0, 0.1) is 5.41 Å². The van der Waals surface area contributed by atoms with E-state index in [1.165, 1.54) is 13.8 Å². The molecule has 12 heteroatoms. The molecule has 4 N–H and O–H groups in total. The van der Waals surface area contributed by atoms with Crippen LogP contribution < -0.4 is 10.6 Å². The summed E-state index contributed by atoms with van der Waals surface area (Å²) in [6.45, 7) is 14.9. The molecule has 188 valence electrons. The van der Waals surface area contributed by atoms with E-state index in [-0.39, 0.29) is 25.4 Å². The first-order chi connectivity index (χ1) is 14.2. The van der Waals surface area contributed by atoms with Crippen molar-refractivity contribution in [1.29, 1.82) is 0 Å². The van der Waals surface area contributed by atoms with Gasteiger partial charge in [-0.2, -0.15) is 0 Å². The van der Waals surface area contributed by atoms with Crippen LogP contribution in [0.15, 0.2) is 5.16 Å². The molecule has 0 saturated carbocycles. The van der Waals surface area contributed by atoms with Gasteiger partial charge in [-0.25, -0.2) is 4.57 Å². The first-order valence-corrected chi connectivity index (χ1v) is 11.9. The number of aliphatic hydroxyl groups is 1. The summed E-state index contributed by atoms with van der Waals surface area (Å²) in [5, 5.41) is 19.3. The summed E-state index contributed by atoms with van der Waals surface area (Å²) in [6, 6.07) is 0. The van der Waals surface area contributed by atoms with E-state index in [1.807, 2.05) is 20.8 Å². The quantitative estimate of drug-likeness (QED) is 0.188. The van der Waals surface area contributed by atoms with Crippen molar-refractivity contribution in [3.63, 3.8) is 0 Å². The molecule has 0 bridgehead atoms. The summed E-state index contributed by atoms with van der Waals surface area (Å²) in [7, 11) is -4.36. The number of carbonyl (C=O) groups excluding carboxylic acids is 2. The van der Waals surface area contributed by atoms with Crippen LogP contribution in [0.2, 0.25) is 0 Å². The lowest BCUT2D eigenvalue weighted by molar-refractivity contribution is -0.137. The Morgan fingerprint density at radius 1 is 1.03 bits per heavy atom. The number of nitrogens with zero attached hydrogens (tertiary/aromatic N) is 1. The fourth-order valence-electron chi connectivity index (χ4n) is 2.01. The van der Waals surface area contributed by atoms with Crippen molar-refractivity contribution >= 4 is 25.3 Å². The molecular weight excluding hydrogens is 441 g/mol. The van der Waals surface area contributed by atoms with Gasteiger partial charge in [0.2, 0.25) is 11.8 Å². The average molecular weight is 482 g/mol. The van der Waals surface area contributed by atoms with Gasteiger partial charge in [-0.15, -0.1) is 0 Å². The van der Waals surface area contributed by atoms with E-state index in [9.17, 15) is 24.2 Å². The van der Waals surface area contributed by atoms with E-state index in [2.05, 4.69) is 15.8 Å². The number of phosphoric acid groups is 1. The predicted octanol–water partition coefficient (Wildman–Crippen LogP) is 2.12. The normalized spacial score (nSPS) is 16.2. The minimum atomic E-state index is -4.36. The molecule has 32 heavy (non-hydrogen) atoms. The van der Waals surface area contributed by atoms with Gasteiger partial charge in [-0.05, 0) is 48.5 Å². The summed E-state index contributed by atoms with van der Waals surface area (Å²) in [6.07, 6.45) is -1.54. The molecule has 0 rings (SSSR count). The van der Waals surface area contributed by atoms with Gasteiger partial charge in [0, 0.05) is 18.4 Å². The Kier molecular flexibility index (Phi) is 11.5. The first-order valence-electron chi connectivity index (χ1n) is 10.4. The Balaban J connectivity index is 4.46. The van der Waals surface area contributed by atoms with Crippen molar-refractivity contribution in [3.05, 3.63) is 0 Å². The highest BCUT2D eigenvalue weighted by molar-refractivity contribution is 7.47. The first kappa shape index (κ1) is 30.5. The maximum atomic E-state index is 12.2. The molecule has 2 atom stereocenters. The van der Waals surface area contributed by atoms with E-state index in [0.29, 0.717) is 5.71 Å². The second-order valence-corrected chi connectivity index (χ2v) is 11.6. The number of hydrogen-bond acceptors (Lipinski definition) is 8. The number of rotatable bonds is 12. The maximum absolute atomic E-state index is 12.2. The molecular formula is C20H40N3O8P. The lowest BCUT2D eigenvalue weighted by atomic mass is 9.87. The number of amides is 2. The van der Waals surface area contributed by atoms with Crippen molar-refractivity contribution < 1.29 is 38.0 Å². The van der Waals surface area contributed by atoms with Gasteiger partial charge in [-0.3, -0.25) is 18.6 Å². The molecule has 0 fully saturated rings. The molecule has 0 aromatic rings. The van der Waals surface area contributed by atoms with Gasteiger partial charge >= 0.3 is 7.82 Å². The monoisotopic (exact) mass is 481 g/mol. The maximum Gasteiger partial charge on any atom is 0.472 e. The number of hydrogen-bond donors (Lipinski definition) is 4. The van der Waals surface area contributed by atoms with Crippen LogP contribution in [-0.4, -0.2) is 64.5 Å². The third-order valence-corrected chi connectivity index (χ3v) is 4.88. The van der Waals surface area contributed by atoms with Crippen LogP contribution in [-0.2, 0) is 28.0 Å². The summed E-state index contributed by atoms with van der Waals surface area (Å²) in [4.78, 5) is 39.2. The highest BCUT2D eigenvalue weighted by Gasteiger charge is 2.38. The molecule has 0 saturated heterocycles. The van der Waals surface area contributed by atoms with Gasteiger partial charge < -0.3 is 25.5 Å². The summed E-state index contributed by atoms with van der Waals surface area (Å²) in [5.74, 6) is -1.04. The summed E-state index contributed by atoms with van der Waals surface area (Å²) in [5.41, 5.74) is -1.93. The molecule has 0 aromatic heterocycles. The molecule has 0 aliphatic carbocycles. The Bertz CT molecular complexity index is 711. The smallest absolute Gasteiger partial charge is 0.390 e. The van der Waals surface area contributed by atoms with Crippen LogP contribution in [0.4, 0.5) is 0 Å². The van der Waals surface area contributed by atoms with Crippen LogP contribution >= 0.6 is 7.82 Å². The minimum absolute atomic E-state index is 0.00102. The number of aliphatic hydroxyl groups excluding tert-OH is 1. The lowest BCUT2D eigenvalue weighted by Crippen LogP contribution is -2.46. The van der Waals surface area contributed by atoms with Crippen molar-refractivity contribution in [2.24, 2.45) is 10.6 Å². The number of phosphoric ester groups is 1. The zero-order valence-corrected chi connectivity index (χ0v) is 21.5. The van der Waals surface area contributed by atoms with Gasteiger partial charge in [0.1, 0.15) is 11.7 Å². The Morgan fingerprint density at radius 2 is 1.59 bits per heavy atom. The molecule has 0 aliphatic heterocycles. The third kappa shape index (κ3) is 14.5. The van der Waals surface area contributed by atoms with Crippen LogP contribution in [0.1, 0.15) is 68.7 Å². The van der Waals surface area contributed by atoms with Crippen LogP contribution in [0.25, 0.3) is 0 Å². The Labute approximate surface area is 190 Å². The van der Waals surface area contributed by atoms with Gasteiger partial charge in [0.25, 0.3) is 0 Å². The van der Waals surface area contributed by atoms with Crippen molar-refractivity contribution in [3.8, 4) is 0 Å². The third-order valence-electron chi connectivity index (χ3n) is 3.65. The molecule has 0 radical (unpaired) electrons. The number of carbonyl (C=O) groups is 2. The van der Waals surface area contributed by atoms with E-state index < -0.39 is 43.1 Å². The summed E-state index contributed by atoms with van der Waals surface area (Å²) < 4.78 is 21.9. The van der Waals surface area contributed by atoms with Gasteiger partial charge in [0.05, 0.1) is 24.5 Å². The molecule has 0 heterocycles. The average Bonchev–Trinajstić information content (AvgIpc) is 2.60. The topological polar surface area (TPSA) is 156 Å². The lowest BCUT2D eigenvalue weighted by Gasteiger charge is -2.31. The number of oxime groups is 1. The number of nitrogens with one attached hydrogen (secondary N) is 2. The van der Waals surface area contributed by atoms with E-state index in [4.69, 9.17) is 13.9 Å². The highest BCUT2D eigenvalue weighted by Crippen LogP contribution is 2.48. The fourth-order valence-corrected chi connectivity index (χ4v) is 3.25. The van der Waals surface area contributed by atoms with Crippen molar-refractivity contribution in [1.82, 2.24) is 10.6 Å². The van der Waals surface area contributed by atoms with Crippen molar-refractivity contribution in [2.75, 3.05) is 19.7 Å². The van der Waals surface area contributed by atoms with E-state index >= 15 is 0 Å². The molecule has 2 amide bonds. The molecule has 0 aliphatic rings. The summed E-state index contributed by atoms with van der Waals surface area (Å²) >= 11 is 0. The van der Waals surface area contributed by atoms with E-state index in [1.54, 1.807) is 27.7 Å². The predicted molar refractivity (Wildman–Crippen MR) is 121 cm³/mol. The zero-order valence-electron chi connectivity index (χ0n) is 20.6. The standard InChI is InChI=1S/C20H40N3O8P/c1-14(23-30-18(2,3)4)12-22-15(24)10-11-21-17(26)16(25)20(8,9)13-29-32(27,28)31-19(5,6)7/h16,25H,10-13H2,1-9H3,(H,21,26)(H,22,24)(H,27,28)/b23-14+. The van der Waals surface area contributed by atoms with Crippen molar-refractivity contribution in [2.45, 2.75) is 86.0 Å². The zero-order chi connectivity index (χ0) is 25.4. The fraction of sp³-hybridized carbons (Fsp3) is 0.850. The van der Waals surface area contributed by atoms with Gasteiger partial charge in [-0.1, -0.05) is 19.0 Å². The van der Waals surface area contributed by atoms with Crippen LogP contribution in [0.5, 0.6) is 0 Å². The molecule has 0 aromatic carbocycles.